The SMILES string of the molecule is Cn1ccnc1C(O)(CC(=O)Nc1ccc(N2CCCC2)c(F)c1)C(F)(F)F. The summed E-state index contributed by atoms with van der Waals surface area (Å²) in [7, 11) is 1.28. The Morgan fingerprint density at radius 3 is 2.50 bits per heavy atom. The molecule has 1 atom stereocenters. The lowest BCUT2D eigenvalue weighted by Gasteiger charge is -2.29. The normalized spacial score (nSPS) is 16.9. The number of hydrogen-bond acceptors (Lipinski definition) is 4. The number of nitrogens with zero attached hydrogens (tertiary/aromatic N) is 3. The highest BCUT2D eigenvalue weighted by Gasteiger charge is 2.58. The Morgan fingerprint density at radius 2 is 1.96 bits per heavy atom. The van der Waals surface area contributed by atoms with Crippen molar-refractivity contribution in [1.82, 2.24) is 9.55 Å². The molecule has 0 bridgehead atoms. The summed E-state index contributed by atoms with van der Waals surface area (Å²) < 4.78 is 55.8. The first-order valence-corrected chi connectivity index (χ1v) is 8.73. The van der Waals surface area contributed by atoms with Crippen molar-refractivity contribution in [3.05, 3.63) is 42.2 Å². The summed E-state index contributed by atoms with van der Waals surface area (Å²) in [6, 6.07) is 3.95. The highest BCUT2D eigenvalue weighted by Crippen LogP contribution is 2.41. The van der Waals surface area contributed by atoms with Crippen LogP contribution in [0.5, 0.6) is 0 Å². The zero-order valence-electron chi connectivity index (χ0n) is 15.1. The Bertz CT molecular complexity index is 862. The highest BCUT2D eigenvalue weighted by atomic mass is 19.4. The molecule has 1 amide bonds. The topological polar surface area (TPSA) is 70.4 Å². The minimum absolute atomic E-state index is 0.00908. The fourth-order valence-corrected chi connectivity index (χ4v) is 3.31. The number of aryl methyl sites for hydroxylation is 1. The van der Waals surface area contributed by atoms with Crippen molar-refractivity contribution < 1.29 is 27.5 Å². The van der Waals surface area contributed by atoms with Gasteiger partial charge in [-0.1, -0.05) is 0 Å². The summed E-state index contributed by atoms with van der Waals surface area (Å²) in [5, 5.41) is 12.4. The lowest BCUT2D eigenvalue weighted by atomic mass is 9.97. The van der Waals surface area contributed by atoms with Gasteiger partial charge in [0.2, 0.25) is 11.5 Å². The van der Waals surface area contributed by atoms with Crippen LogP contribution in [-0.2, 0) is 17.4 Å². The van der Waals surface area contributed by atoms with Crippen LogP contribution in [0.2, 0.25) is 0 Å². The number of rotatable bonds is 5. The molecule has 1 aromatic heterocycles. The molecule has 0 aliphatic carbocycles. The first-order chi connectivity index (χ1) is 13.1. The second kappa shape index (κ2) is 7.42. The number of hydrogen-bond donors (Lipinski definition) is 2. The number of carbonyl (C=O) groups is 1. The second-order valence-electron chi connectivity index (χ2n) is 6.81. The number of imidazole rings is 1. The largest absolute Gasteiger partial charge is 0.425 e. The van der Waals surface area contributed by atoms with Crippen molar-refractivity contribution in [2.45, 2.75) is 31.0 Å². The third-order valence-electron chi connectivity index (χ3n) is 4.75. The molecule has 2 N–H and O–H groups in total. The molecule has 10 heteroatoms. The molecule has 1 aromatic carbocycles. The van der Waals surface area contributed by atoms with Crippen molar-refractivity contribution in [2.24, 2.45) is 7.05 Å². The Balaban J connectivity index is 1.77. The number of nitrogens with one attached hydrogen (secondary N) is 1. The van der Waals surface area contributed by atoms with E-state index < -0.39 is 35.7 Å². The molecular formula is C18H20F4N4O2. The van der Waals surface area contributed by atoms with Gasteiger partial charge in [-0.3, -0.25) is 4.79 Å². The molecule has 6 nitrogen and oxygen atoms in total. The number of aliphatic hydroxyl groups is 1. The number of amides is 1. The molecule has 0 radical (unpaired) electrons. The first-order valence-electron chi connectivity index (χ1n) is 8.73. The maximum absolute atomic E-state index is 14.3. The summed E-state index contributed by atoms with van der Waals surface area (Å²) in [6.45, 7) is 1.45. The average Bonchev–Trinajstić information content (AvgIpc) is 3.25. The van der Waals surface area contributed by atoms with Crippen LogP contribution in [0.25, 0.3) is 0 Å². The number of benzene rings is 1. The maximum atomic E-state index is 14.3. The Hall–Kier alpha value is -2.62. The van der Waals surface area contributed by atoms with E-state index in [0.717, 1.165) is 42.8 Å². The van der Waals surface area contributed by atoms with Gasteiger partial charge in [0.05, 0.1) is 12.1 Å². The molecule has 0 saturated carbocycles. The van der Waals surface area contributed by atoms with Crippen molar-refractivity contribution in [2.75, 3.05) is 23.3 Å². The lowest BCUT2D eigenvalue weighted by Crippen LogP contribution is -2.46. The summed E-state index contributed by atoms with van der Waals surface area (Å²) in [6.07, 6.45) is -2.19. The van der Waals surface area contributed by atoms with Gasteiger partial charge in [-0.15, -0.1) is 0 Å². The maximum Gasteiger partial charge on any atom is 0.425 e. The van der Waals surface area contributed by atoms with Gasteiger partial charge in [0.25, 0.3) is 0 Å². The third-order valence-corrected chi connectivity index (χ3v) is 4.75. The van der Waals surface area contributed by atoms with Crippen LogP contribution in [0.1, 0.15) is 25.1 Å². The summed E-state index contributed by atoms with van der Waals surface area (Å²) >= 11 is 0. The minimum atomic E-state index is -5.13. The monoisotopic (exact) mass is 400 g/mol. The molecule has 152 valence electrons. The predicted molar refractivity (Wildman–Crippen MR) is 94.3 cm³/mol. The molecule has 1 unspecified atom stereocenters. The Kier molecular flexibility index (Phi) is 5.33. The van der Waals surface area contributed by atoms with Gasteiger partial charge in [0.15, 0.2) is 5.82 Å². The van der Waals surface area contributed by atoms with E-state index in [9.17, 15) is 27.5 Å². The average molecular weight is 400 g/mol. The van der Waals surface area contributed by atoms with Crippen molar-refractivity contribution in [3.8, 4) is 0 Å². The number of carbonyl (C=O) groups excluding carboxylic acids is 1. The lowest BCUT2D eigenvalue weighted by molar-refractivity contribution is -0.270. The fourth-order valence-electron chi connectivity index (χ4n) is 3.31. The molecular weight excluding hydrogens is 380 g/mol. The standard InChI is InChI=1S/C18H20F4N4O2/c1-25-9-6-23-16(25)17(28,18(20,21)22)11-15(27)24-12-4-5-14(13(19)10-12)26-7-2-3-8-26/h4-6,9-10,28H,2-3,7-8,11H2,1H3,(H,24,27). The number of alkyl halides is 3. The molecule has 2 heterocycles. The van der Waals surface area contributed by atoms with Crippen molar-refractivity contribution >= 4 is 17.3 Å². The van der Waals surface area contributed by atoms with E-state index in [1.807, 2.05) is 4.90 Å². The third kappa shape index (κ3) is 3.82. The molecule has 1 aliphatic heterocycles. The van der Waals surface area contributed by atoms with E-state index in [0.29, 0.717) is 5.69 Å². The van der Waals surface area contributed by atoms with Crippen molar-refractivity contribution in [3.63, 3.8) is 0 Å². The van der Waals surface area contributed by atoms with Crippen LogP contribution in [0, 0.1) is 5.82 Å². The van der Waals surface area contributed by atoms with Crippen LogP contribution in [0.4, 0.5) is 28.9 Å². The molecule has 3 rings (SSSR count). The van der Waals surface area contributed by atoms with E-state index in [4.69, 9.17) is 0 Å². The molecule has 1 fully saturated rings. The summed E-state index contributed by atoms with van der Waals surface area (Å²) in [5.41, 5.74) is -3.08. The summed E-state index contributed by atoms with van der Waals surface area (Å²) in [4.78, 5) is 17.6. The number of aromatic nitrogens is 2. The van der Waals surface area contributed by atoms with Crippen LogP contribution in [0.3, 0.4) is 0 Å². The van der Waals surface area contributed by atoms with E-state index in [1.54, 1.807) is 0 Å². The van der Waals surface area contributed by atoms with Crippen molar-refractivity contribution in [1.29, 1.82) is 0 Å². The van der Waals surface area contributed by atoms with Gasteiger partial charge < -0.3 is 19.9 Å². The Labute approximate surface area is 158 Å². The second-order valence-corrected chi connectivity index (χ2v) is 6.81. The quantitative estimate of drug-likeness (QED) is 0.758. The van der Waals surface area contributed by atoms with Gasteiger partial charge in [-0.25, -0.2) is 9.37 Å². The first kappa shape index (κ1) is 20.1. The van der Waals surface area contributed by atoms with E-state index >= 15 is 0 Å². The van der Waals surface area contributed by atoms with Gasteiger partial charge in [0, 0.05) is 38.2 Å². The van der Waals surface area contributed by atoms with Crippen LogP contribution < -0.4 is 10.2 Å². The van der Waals surface area contributed by atoms with Crippen LogP contribution >= 0.6 is 0 Å². The van der Waals surface area contributed by atoms with Gasteiger partial charge >= 0.3 is 6.18 Å². The summed E-state index contributed by atoms with van der Waals surface area (Å²) in [5.74, 6) is -2.39. The van der Waals surface area contributed by atoms with Crippen LogP contribution in [0.15, 0.2) is 30.6 Å². The van der Waals surface area contributed by atoms with Gasteiger partial charge in [-0.05, 0) is 31.0 Å². The highest BCUT2D eigenvalue weighted by molar-refractivity contribution is 5.91. The molecule has 1 saturated heterocycles. The van der Waals surface area contributed by atoms with Gasteiger partial charge in [-0.2, -0.15) is 13.2 Å². The van der Waals surface area contributed by atoms with Crippen LogP contribution in [-0.4, -0.2) is 39.8 Å². The molecule has 2 aromatic rings. The fraction of sp³-hybridized carbons (Fsp3) is 0.444. The molecule has 28 heavy (non-hydrogen) atoms. The molecule has 1 aliphatic rings. The van der Waals surface area contributed by atoms with E-state index in [2.05, 4.69) is 10.3 Å². The Morgan fingerprint density at radius 1 is 1.29 bits per heavy atom. The van der Waals surface area contributed by atoms with E-state index in [-0.39, 0.29) is 5.69 Å². The number of halogens is 4. The molecule has 0 spiro atoms. The van der Waals surface area contributed by atoms with E-state index in [1.165, 1.54) is 25.4 Å². The zero-order valence-corrected chi connectivity index (χ0v) is 15.1. The zero-order chi connectivity index (χ0) is 20.5. The van der Waals surface area contributed by atoms with Gasteiger partial charge in [0.1, 0.15) is 5.82 Å². The minimum Gasteiger partial charge on any atom is -0.374 e. The smallest absolute Gasteiger partial charge is 0.374 e. The predicted octanol–water partition coefficient (Wildman–Crippen LogP) is 2.94. The number of anilines is 2.